The summed E-state index contributed by atoms with van der Waals surface area (Å²) in [4.78, 5) is 32.5. The van der Waals surface area contributed by atoms with Crippen LogP contribution in [0.25, 0.3) is 0 Å². The second-order valence-electron chi connectivity index (χ2n) is 5.18. The number of nitrogens with zero attached hydrogens (tertiary/aromatic N) is 1. The molecule has 8 nitrogen and oxygen atoms in total. The van der Waals surface area contributed by atoms with E-state index >= 15 is 0 Å². The molecule has 1 aromatic rings. The Bertz CT molecular complexity index is 610. The van der Waals surface area contributed by atoms with Gasteiger partial charge in [-0.05, 0) is 31.4 Å². The number of hydrogen-bond donors (Lipinski definition) is 3. The van der Waals surface area contributed by atoms with E-state index in [0.29, 0.717) is 12.8 Å². The maximum absolute atomic E-state index is 11.1. The number of nitrogens with two attached hydrogens (primary N) is 1. The van der Waals surface area contributed by atoms with Crippen molar-refractivity contribution in [3.8, 4) is 0 Å². The molecular weight excluding hydrogens is 278 g/mol. The number of carbonyl (C=O) groups excluding carboxylic acids is 1. The van der Waals surface area contributed by atoms with Gasteiger partial charge in [0.1, 0.15) is 5.69 Å². The van der Waals surface area contributed by atoms with Gasteiger partial charge in [0.05, 0.1) is 11.3 Å². The number of carbonyl (C=O) groups is 2. The molecule has 1 amide bonds. The summed E-state index contributed by atoms with van der Waals surface area (Å²) in [5.74, 6) is -1.72. The first-order chi connectivity index (χ1) is 9.83. The largest absolute Gasteiger partial charge is 0.481 e. The standard InChI is InChI=1S/C13H15N3O5/c14-12(19)8-2-3-9(10(6-8)16(20)21)15-13(4-1-5-13)7-11(17)18/h2-3,6,15H,1,4-5,7H2,(H2,14,19)(H,17,18). The maximum atomic E-state index is 11.1. The molecular formula is C13H15N3O5. The fraction of sp³-hybridized carbons (Fsp3) is 0.385. The Morgan fingerprint density at radius 2 is 2.10 bits per heavy atom. The number of nitro benzene ring substituents is 1. The monoisotopic (exact) mass is 293 g/mol. The number of amides is 1. The minimum absolute atomic E-state index is 0.0353. The number of anilines is 1. The van der Waals surface area contributed by atoms with E-state index in [0.717, 1.165) is 12.5 Å². The molecule has 1 aliphatic rings. The van der Waals surface area contributed by atoms with Gasteiger partial charge in [0.15, 0.2) is 0 Å². The molecule has 4 N–H and O–H groups in total. The number of primary amides is 1. The van der Waals surface area contributed by atoms with E-state index in [1.165, 1.54) is 12.1 Å². The van der Waals surface area contributed by atoms with Crippen LogP contribution in [0.1, 0.15) is 36.0 Å². The highest BCUT2D eigenvalue weighted by Gasteiger charge is 2.40. The first kappa shape index (κ1) is 14.8. The smallest absolute Gasteiger partial charge is 0.305 e. The van der Waals surface area contributed by atoms with Crippen LogP contribution in [0.4, 0.5) is 11.4 Å². The first-order valence-electron chi connectivity index (χ1n) is 6.41. The molecule has 1 aromatic carbocycles. The summed E-state index contributed by atoms with van der Waals surface area (Å²) >= 11 is 0. The molecule has 1 saturated carbocycles. The van der Waals surface area contributed by atoms with Crippen molar-refractivity contribution in [3.05, 3.63) is 33.9 Å². The summed E-state index contributed by atoms with van der Waals surface area (Å²) < 4.78 is 0. The van der Waals surface area contributed by atoms with Gasteiger partial charge < -0.3 is 16.2 Å². The van der Waals surface area contributed by atoms with Crippen LogP contribution in [0.5, 0.6) is 0 Å². The Morgan fingerprint density at radius 1 is 1.43 bits per heavy atom. The minimum Gasteiger partial charge on any atom is -0.481 e. The van der Waals surface area contributed by atoms with Crippen LogP contribution in [0.3, 0.4) is 0 Å². The third kappa shape index (κ3) is 3.10. The summed E-state index contributed by atoms with van der Waals surface area (Å²) in [7, 11) is 0. The summed E-state index contributed by atoms with van der Waals surface area (Å²) in [5.41, 5.74) is 4.39. The number of aliphatic carboxylic acids is 1. The summed E-state index contributed by atoms with van der Waals surface area (Å²) in [6.45, 7) is 0. The van der Waals surface area contributed by atoms with Crippen LogP contribution >= 0.6 is 0 Å². The van der Waals surface area contributed by atoms with Crippen molar-refractivity contribution >= 4 is 23.3 Å². The van der Waals surface area contributed by atoms with E-state index in [2.05, 4.69) is 5.32 Å². The summed E-state index contributed by atoms with van der Waals surface area (Å²) in [5, 5.41) is 23.0. The fourth-order valence-electron chi connectivity index (χ4n) is 2.47. The van der Waals surface area contributed by atoms with Crippen molar-refractivity contribution < 1.29 is 19.6 Å². The number of rotatable bonds is 6. The molecule has 1 aliphatic carbocycles. The van der Waals surface area contributed by atoms with Gasteiger partial charge in [-0.15, -0.1) is 0 Å². The number of carboxylic acids is 1. The van der Waals surface area contributed by atoms with Gasteiger partial charge in [0, 0.05) is 17.2 Å². The number of carboxylic acid groups (broad SMARTS) is 1. The lowest BCUT2D eigenvalue weighted by atomic mass is 9.74. The van der Waals surface area contributed by atoms with Crippen LogP contribution < -0.4 is 11.1 Å². The molecule has 0 aliphatic heterocycles. The number of benzene rings is 1. The fourth-order valence-corrected chi connectivity index (χ4v) is 2.47. The van der Waals surface area contributed by atoms with Gasteiger partial charge >= 0.3 is 5.97 Å². The molecule has 0 spiro atoms. The Balaban J connectivity index is 2.32. The molecule has 21 heavy (non-hydrogen) atoms. The van der Waals surface area contributed by atoms with Crippen molar-refractivity contribution in [2.45, 2.75) is 31.2 Å². The van der Waals surface area contributed by atoms with Crippen molar-refractivity contribution in [1.29, 1.82) is 0 Å². The Labute approximate surface area is 120 Å². The highest BCUT2D eigenvalue weighted by Crippen LogP contribution is 2.40. The Kier molecular flexibility index (Phi) is 3.79. The second-order valence-corrected chi connectivity index (χ2v) is 5.18. The minimum atomic E-state index is -0.960. The van der Waals surface area contributed by atoms with E-state index in [4.69, 9.17) is 10.8 Å². The topological polar surface area (TPSA) is 136 Å². The molecule has 0 unspecified atom stereocenters. The van der Waals surface area contributed by atoms with Gasteiger partial charge in [-0.3, -0.25) is 19.7 Å². The van der Waals surface area contributed by atoms with Crippen LogP contribution in [-0.4, -0.2) is 27.4 Å². The van der Waals surface area contributed by atoms with Gasteiger partial charge in [0.2, 0.25) is 5.91 Å². The maximum Gasteiger partial charge on any atom is 0.305 e. The van der Waals surface area contributed by atoms with Gasteiger partial charge in [0.25, 0.3) is 5.69 Å². The number of nitro groups is 1. The molecule has 0 radical (unpaired) electrons. The zero-order valence-corrected chi connectivity index (χ0v) is 11.2. The van der Waals surface area contributed by atoms with E-state index < -0.39 is 22.3 Å². The Morgan fingerprint density at radius 3 is 2.52 bits per heavy atom. The van der Waals surface area contributed by atoms with Gasteiger partial charge in [-0.25, -0.2) is 0 Å². The highest BCUT2D eigenvalue weighted by atomic mass is 16.6. The molecule has 0 aromatic heterocycles. The van der Waals surface area contributed by atoms with E-state index in [9.17, 15) is 19.7 Å². The summed E-state index contributed by atoms with van der Waals surface area (Å²) in [6.07, 6.45) is 2.03. The highest BCUT2D eigenvalue weighted by molar-refractivity contribution is 5.94. The van der Waals surface area contributed by atoms with Crippen LogP contribution in [0, 0.1) is 10.1 Å². The average Bonchev–Trinajstić information content (AvgIpc) is 2.35. The second kappa shape index (κ2) is 5.39. The molecule has 1 fully saturated rings. The first-order valence-corrected chi connectivity index (χ1v) is 6.41. The number of nitrogens with one attached hydrogen (secondary N) is 1. The van der Waals surface area contributed by atoms with Crippen molar-refractivity contribution in [2.24, 2.45) is 5.73 Å². The zero-order valence-electron chi connectivity index (χ0n) is 11.2. The lowest BCUT2D eigenvalue weighted by Gasteiger charge is -2.42. The predicted octanol–water partition coefficient (Wildman–Crippen LogP) is 1.50. The third-order valence-electron chi connectivity index (χ3n) is 3.68. The van der Waals surface area contributed by atoms with Crippen molar-refractivity contribution in [2.75, 3.05) is 5.32 Å². The van der Waals surface area contributed by atoms with E-state index in [1.807, 2.05) is 0 Å². The average molecular weight is 293 g/mol. The lowest BCUT2D eigenvalue weighted by Crippen LogP contribution is -2.46. The molecule has 0 saturated heterocycles. The van der Waals surface area contributed by atoms with Crippen molar-refractivity contribution in [3.63, 3.8) is 0 Å². The molecule has 2 rings (SSSR count). The number of hydrogen-bond acceptors (Lipinski definition) is 5. The Hall–Kier alpha value is -2.64. The van der Waals surface area contributed by atoms with Gasteiger partial charge in [-0.2, -0.15) is 0 Å². The van der Waals surface area contributed by atoms with Crippen molar-refractivity contribution in [1.82, 2.24) is 0 Å². The van der Waals surface area contributed by atoms with Gasteiger partial charge in [-0.1, -0.05) is 0 Å². The molecule has 0 bridgehead atoms. The molecule has 112 valence electrons. The summed E-state index contributed by atoms with van der Waals surface area (Å²) in [6, 6.07) is 3.86. The van der Waals surface area contributed by atoms with Crippen LogP contribution in [0.2, 0.25) is 0 Å². The van der Waals surface area contributed by atoms with Crippen LogP contribution in [-0.2, 0) is 4.79 Å². The molecule has 0 atom stereocenters. The van der Waals surface area contributed by atoms with E-state index in [1.54, 1.807) is 0 Å². The predicted molar refractivity (Wildman–Crippen MR) is 74.1 cm³/mol. The molecule has 8 heteroatoms. The SMILES string of the molecule is NC(=O)c1ccc(NC2(CC(=O)O)CCC2)c([N+](=O)[O-])c1. The zero-order chi connectivity index (χ0) is 15.6. The van der Waals surface area contributed by atoms with E-state index in [-0.39, 0.29) is 23.4 Å². The third-order valence-corrected chi connectivity index (χ3v) is 3.68. The van der Waals surface area contributed by atoms with Crippen LogP contribution in [0.15, 0.2) is 18.2 Å². The lowest BCUT2D eigenvalue weighted by molar-refractivity contribution is -0.384. The molecule has 0 heterocycles. The quantitative estimate of drug-likeness (QED) is 0.537. The normalized spacial score (nSPS) is 15.8.